The Kier molecular flexibility index (Phi) is 6.77. The summed E-state index contributed by atoms with van der Waals surface area (Å²) in [5.41, 5.74) is 1.35. The molecule has 0 atom stereocenters. The Labute approximate surface area is 196 Å². The first-order valence-electron chi connectivity index (χ1n) is 10.8. The van der Waals surface area contributed by atoms with Crippen LogP contribution in [0.2, 0.25) is 0 Å². The third-order valence-electron chi connectivity index (χ3n) is 5.35. The maximum atomic E-state index is 13.5. The number of carbonyl (C=O) groups is 1. The van der Waals surface area contributed by atoms with Gasteiger partial charge in [0, 0.05) is 23.5 Å². The second kappa shape index (κ2) is 10.1. The number of benzene rings is 2. The highest BCUT2D eigenvalue weighted by molar-refractivity contribution is 6.07. The summed E-state index contributed by atoms with van der Waals surface area (Å²) in [6.45, 7) is 2.69. The molecule has 34 heavy (non-hydrogen) atoms. The molecule has 2 aromatic heterocycles. The molecule has 174 valence electrons. The maximum Gasteiger partial charge on any atom is 0.263 e. The molecule has 0 unspecified atom stereocenters. The molecule has 1 N–H and O–H groups in total. The Morgan fingerprint density at radius 3 is 2.32 bits per heavy atom. The highest BCUT2D eigenvalue weighted by Crippen LogP contribution is 2.32. The molecule has 8 heteroatoms. The molecule has 0 spiro atoms. The second-order valence-electron chi connectivity index (χ2n) is 7.40. The summed E-state index contributed by atoms with van der Waals surface area (Å²) in [7, 11) is 3.00. The number of aromatic nitrogens is 2. The molecule has 0 aliphatic carbocycles. The lowest BCUT2D eigenvalue weighted by molar-refractivity contribution is 0.0951. The van der Waals surface area contributed by atoms with E-state index in [0.29, 0.717) is 45.9 Å². The summed E-state index contributed by atoms with van der Waals surface area (Å²) in [5, 5.41) is 3.68. The van der Waals surface area contributed by atoms with Gasteiger partial charge in [0.15, 0.2) is 11.5 Å². The molecule has 4 rings (SSSR count). The molecule has 2 heterocycles. The molecule has 0 saturated carbocycles. The SMILES string of the molecule is CCOc1ccc(-n2cc(C(=O)NCc3ccccn3)c3cc(OC)c(OC)cc3c2=O)cc1. The van der Waals surface area contributed by atoms with Crippen LogP contribution in [0.4, 0.5) is 0 Å². The number of rotatable bonds is 8. The molecule has 0 radical (unpaired) electrons. The predicted octanol–water partition coefficient (Wildman–Crippen LogP) is 3.73. The summed E-state index contributed by atoms with van der Waals surface area (Å²) in [6.07, 6.45) is 3.21. The first-order chi connectivity index (χ1) is 16.5. The number of hydrogen-bond donors (Lipinski definition) is 1. The maximum absolute atomic E-state index is 13.5. The van der Waals surface area contributed by atoms with E-state index in [1.54, 1.807) is 48.8 Å². The van der Waals surface area contributed by atoms with Gasteiger partial charge in [-0.3, -0.25) is 19.1 Å². The van der Waals surface area contributed by atoms with Crippen LogP contribution in [0.5, 0.6) is 17.2 Å². The zero-order chi connectivity index (χ0) is 24.1. The van der Waals surface area contributed by atoms with E-state index in [2.05, 4.69) is 10.3 Å². The fourth-order valence-corrected chi connectivity index (χ4v) is 3.68. The number of amides is 1. The van der Waals surface area contributed by atoms with Gasteiger partial charge >= 0.3 is 0 Å². The van der Waals surface area contributed by atoms with Gasteiger partial charge in [0.1, 0.15) is 5.75 Å². The number of ether oxygens (including phenoxy) is 3. The molecule has 2 aromatic carbocycles. The van der Waals surface area contributed by atoms with Gasteiger partial charge in [-0.2, -0.15) is 0 Å². The standard InChI is InChI=1S/C26H25N3O5/c1-4-34-19-10-8-18(9-11-19)29-16-22(25(30)28-15-17-7-5-6-12-27-17)20-13-23(32-2)24(33-3)14-21(20)26(29)31/h5-14,16H,4,15H2,1-3H3,(H,28,30). The van der Waals surface area contributed by atoms with Crippen molar-refractivity contribution in [3.8, 4) is 22.9 Å². The molecule has 8 nitrogen and oxygen atoms in total. The summed E-state index contributed by atoms with van der Waals surface area (Å²) in [6, 6.07) is 15.8. The van der Waals surface area contributed by atoms with Crippen molar-refractivity contribution in [3.05, 3.63) is 88.6 Å². The van der Waals surface area contributed by atoms with Crippen LogP contribution < -0.4 is 25.1 Å². The minimum absolute atomic E-state index is 0.247. The lowest BCUT2D eigenvalue weighted by Gasteiger charge is -2.15. The Morgan fingerprint density at radius 2 is 1.71 bits per heavy atom. The Bertz CT molecular complexity index is 1370. The van der Waals surface area contributed by atoms with Gasteiger partial charge < -0.3 is 19.5 Å². The van der Waals surface area contributed by atoms with Crippen LogP contribution in [-0.2, 0) is 6.54 Å². The summed E-state index contributed by atoms with van der Waals surface area (Å²) >= 11 is 0. The number of nitrogens with zero attached hydrogens (tertiary/aromatic N) is 2. The van der Waals surface area contributed by atoms with Crippen LogP contribution in [0.1, 0.15) is 23.0 Å². The average molecular weight is 460 g/mol. The van der Waals surface area contributed by atoms with E-state index in [9.17, 15) is 9.59 Å². The Balaban J connectivity index is 1.85. The number of nitrogens with one attached hydrogen (secondary N) is 1. The van der Waals surface area contributed by atoms with Crippen molar-refractivity contribution in [3.63, 3.8) is 0 Å². The van der Waals surface area contributed by atoms with Gasteiger partial charge in [-0.05, 0) is 55.5 Å². The fourth-order valence-electron chi connectivity index (χ4n) is 3.68. The van der Waals surface area contributed by atoms with Gasteiger partial charge in [-0.15, -0.1) is 0 Å². The number of hydrogen-bond acceptors (Lipinski definition) is 6. The van der Waals surface area contributed by atoms with Gasteiger partial charge in [-0.1, -0.05) is 6.07 Å². The average Bonchev–Trinajstić information content (AvgIpc) is 2.88. The number of methoxy groups -OCH3 is 2. The molecule has 0 aliphatic heterocycles. The monoisotopic (exact) mass is 459 g/mol. The van der Waals surface area contributed by atoms with Crippen molar-refractivity contribution in [2.75, 3.05) is 20.8 Å². The van der Waals surface area contributed by atoms with E-state index in [1.165, 1.54) is 18.8 Å². The number of carbonyl (C=O) groups excluding carboxylic acids is 1. The van der Waals surface area contributed by atoms with Crippen LogP contribution in [0.25, 0.3) is 16.5 Å². The number of pyridine rings is 2. The fraction of sp³-hybridized carbons (Fsp3) is 0.192. The van der Waals surface area contributed by atoms with Crippen molar-refractivity contribution in [2.45, 2.75) is 13.5 Å². The molecule has 1 amide bonds. The largest absolute Gasteiger partial charge is 0.494 e. The van der Waals surface area contributed by atoms with Crippen molar-refractivity contribution >= 4 is 16.7 Å². The third kappa shape index (κ3) is 4.56. The molecule has 0 fully saturated rings. The minimum Gasteiger partial charge on any atom is -0.494 e. The van der Waals surface area contributed by atoms with Crippen LogP contribution in [0.3, 0.4) is 0 Å². The highest BCUT2D eigenvalue weighted by atomic mass is 16.5. The van der Waals surface area contributed by atoms with E-state index >= 15 is 0 Å². The zero-order valence-corrected chi connectivity index (χ0v) is 19.2. The van der Waals surface area contributed by atoms with Crippen LogP contribution in [-0.4, -0.2) is 36.3 Å². The second-order valence-corrected chi connectivity index (χ2v) is 7.40. The van der Waals surface area contributed by atoms with E-state index in [4.69, 9.17) is 14.2 Å². The molecule has 0 saturated heterocycles. The van der Waals surface area contributed by atoms with Gasteiger partial charge in [0.05, 0.1) is 44.0 Å². The van der Waals surface area contributed by atoms with Gasteiger partial charge in [0.25, 0.3) is 11.5 Å². The van der Waals surface area contributed by atoms with Crippen LogP contribution in [0, 0.1) is 0 Å². The summed E-state index contributed by atoms with van der Waals surface area (Å²) in [5.74, 6) is 1.17. The van der Waals surface area contributed by atoms with Crippen molar-refractivity contribution in [1.29, 1.82) is 0 Å². The van der Waals surface area contributed by atoms with Crippen molar-refractivity contribution in [2.24, 2.45) is 0 Å². The van der Waals surface area contributed by atoms with Crippen molar-refractivity contribution in [1.82, 2.24) is 14.9 Å². The van der Waals surface area contributed by atoms with Gasteiger partial charge in [-0.25, -0.2) is 0 Å². The lowest BCUT2D eigenvalue weighted by atomic mass is 10.0. The molecular formula is C26H25N3O5. The van der Waals surface area contributed by atoms with E-state index in [1.807, 2.05) is 25.1 Å². The lowest BCUT2D eigenvalue weighted by Crippen LogP contribution is -2.27. The summed E-state index contributed by atoms with van der Waals surface area (Å²) in [4.78, 5) is 31.0. The van der Waals surface area contributed by atoms with E-state index in [0.717, 1.165) is 5.69 Å². The molecular weight excluding hydrogens is 434 g/mol. The summed E-state index contributed by atoms with van der Waals surface area (Å²) < 4.78 is 17.7. The minimum atomic E-state index is -0.345. The zero-order valence-electron chi connectivity index (χ0n) is 19.2. The Morgan fingerprint density at radius 1 is 1.00 bits per heavy atom. The normalized spacial score (nSPS) is 10.7. The molecule has 0 bridgehead atoms. The van der Waals surface area contributed by atoms with Gasteiger partial charge in [0.2, 0.25) is 0 Å². The molecule has 0 aliphatic rings. The predicted molar refractivity (Wildman–Crippen MR) is 129 cm³/mol. The van der Waals surface area contributed by atoms with Crippen LogP contribution >= 0.6 is 0 Å². The van der Waals surface area contributed by atoms with Crippen molar-refractivity contribution < 1.29 is 19.0 Å². The smallest absolute Gasteiger partial charge is 0.263 e. The van der Waals surface area contributed by atoms with Crippen LogP contribution in [0.15, 0.2) is 71.8 Å². The number of fused-ring (bicyclic) bond motifs is 1. The molecule has 4 aromatic rings. The quantitative estimate of drug-likeness (QED) is 0.432. The first kappa shape index (κ1) is 22.8. The first-order valence-corrected chi connectivity index (χ1v) is 10.8. The third-order valence-corrected chi connectivity index (χ3v) is 5.35. The van der Waals surface area contributed by atoms with E-state index in [-0.39, 0.29) is 18.0 Å². The highest BCUT2D eigenvalue weighted by Gasteiger charge is 2.19. The Hall–Kier alpha value is -4.33. The topological polar surface area (TPSA) is 91.7 Å². The van der Waals surface area contributed by atoms with E-state index < -0.39 is 0 Å².